The molecule has 1 aromatic heterocycles. The number of amides is 1. The molecule has 0 atom stereocenters. The van der Waals surface area contributed by atoms with Crippen molar-refractivity contribution >= 4 is 5.91 Å². The summed E-state index contributed by atoms with van der Waals surface area (Å²) in [6.45, 7) is 1.90. The van der Waals surface area contributed by atoms with Gasteiger partial charge in [-0.05, 0) is 24.6 Å². The van der Waals surface area contributed by atoms with Gasteiger partial charge < -0.3 is 5.73 Å². The van der Waals surface area contributed by atoms with Crippen LogP contribution in [0.25, 0.3) is 11.1 Å². The second kappa shape index (κ2) is 4.10. The summed E-state index contributed by atoms with van der Waals surface area (Å²) in [4.78, 5) is 19.1. The Morgan fingerprint density at radius 2 is 2.19 bits per heavy atom. The Morgan fingerprint density at radius 1 is 1.38 bits per heavy atom. The summed E-state index contributed by atoms with van der Waals surface area (Å²) in [6, 6.07) is 7.12. The molecule has 2 N–H and O–H groups in total. The van der Waals surface area contributed by atoms with Crippen molar-refractivity contribution in [1.82, 2.24) is 9.97 Å². The van der Waals surface area contributed by atoms with Gasteiger partial charge in [-0.3, -0.25) is 4.79 Å². The number of hydrogen-bond acceptors (Lipinski definition) is 3. The second-order valence-electron chi connectivity index (χ2n) is 3.47. The molecule has 4 heteroatoms. The molecule has 0 aliphatic heterocycles. The molecule has 1 heterocycles. The number of aryl methyl sites for hydroxylation is 1. The highest BCUT2D eigenvalue weighted by atomic mass is 16.1. The van der Waals surface area contributed by atoms with Crippen molar-refractivity contribution < 1.29 is 4.79 Å². The molecule has 2 rings (SSSR count). The number of carbonyl (C=O) groups excluding carboxylic acids is 1. The summed E-state index contributed by atoms with van der Waals surface area (Å²) in [6.07, 6.45) is 3.22. The van der Waals surface area contributed by atoms with E-state index in [-0.39, 0.29) is 0 Å². The molecule has 1 amide bonds. The van der Waals surface area contributed by atoms with Crippen LogP contribution in [0.3, 0.4) is 0 Å². The molecule has 0 aliphatic rings. The number of nitrogens with two attached hydrogens (primary N) is 1. The summed E-state index contributed by atoms with van der Waals surface area (Å²) in [5.74, 6) is -0.434. The van der Waals surface area contributed by atoms with Gasteiger partial charge in [-0.2, -0.15) is 0 Å². The highest BCUT2D eigenvalue weighted by Crippen LogP contribution is 2.21. The third-order valence-corrected chi connectivity index (χ3v) is 2.37. The van der Waals surface area contributed by atoms with Gasteiger partial charge in [-0.25, -0.2) is 9.97 Å². The van der Waals surface area contributed by atoms with Gasteiger partial charge in [0.15, 0.2) is 0 Å². The third kappa shape index (κ3) is 1.91. The lowest BCUT2D eigenvalue weighted by molar-refractivity contribution is 0.100. The van der Waals surface area contributed by atoms with Crippen molar-refractivity contribution in [3.8, 4) is 11.1 Å². The second-order valence-corrected chi connectivity index (χ2v) is 3.47. The summed E-state index contributed by atoms with van der Waals surface area (Å²) in [5, 5.41) is 0. The maximum Gasteiger partial charge on any atom is 0.248 e. The summed E-state index contributed by atoms with van der Waals surface area (Å²) in [5.41, 5.74) is 8.39. The van der Waals surface area contributed by atoms with E-state index in [0.717, 1.165) is 16.8 Å². The highest BCUT2D eigenvalue weighted by molar-refractivity contribution is 5.94. The maximum atomic E-state index is 11.1. The molecule has 80 valence electrons. The quantitative estimate of drug-likeness (QED) is 0.822. The Hall–Kier alpha value is -2.23. The number of nitrogens with zero attached hydrogens (tertiary/aromatic N) is 2. The summed E-state index contributed by atoms with van der Waals surface area (Å²) in [7, 11) is 0. The Bertz CT molecular complexity index is 537. The van der Waals surface area contributed by atoms with Gasteiger partial charge in [0, 0.05) is 23.0 Å². The average Bonchev–Trinajstić information content (AvgIpc) is 2.30. The Morgan fingerprint density at radius 3 is 2.88 bits per heavy atom. The van der Waals surface area contributed by atoms with E-state index in [2.05, 4.69) is 9.97 Å². The van der Waals surface area contributed by atoms with Gasteiger partial charge in [0.05, 0.1) is 0 Å². The van der Waals surface area contributed by atoms with Gasteiger partial charge in [-0.15, -0.1) is 0 Å². The number of carbonyl (C=O) groups is 1. The van der Waals surface area contributed by atoms with Gasteiger partial charge in [-0.1, -0.05) is 12.1 Å². The summed E-state index contributed by atoms with van der Waals surface area (Å²) < 4.78 is 0. The van der Waals surface area contributed by atoms with Crippen molar-refractivity contribution in [3.05, 3.63) is 48.0 Å². The minimum Gasteiger partial charge on any atom is -0.366 e. The standard InChI is InChI=1S/C12H11N3O/c1-8-11(6-14-7-15-8)9-3-2-4-10(5-9)12(13)16/h2-7H,1H3,(H2,13,16). The van der Waals surface area contributed by atoms with E-state index in [9.17, 15) is 4.79 Å². The zero-order chi connectivity index (χ0) is 11.5. The van der Waals surface area contributed by atoms with Gasteiger partial charge in [0.25, 0.3) is 0 Å². The van der Waals surface area contributed by atoms with Crippen molar-refractivity contribution in [3.63, 3.8) is 0 Å². The fourth-order valence-electron chi connectivity index (χ4n) is 1.51. The highest BCUT2D eigenvalue weighted by Gasteiger charge is 2.05. The number of primary amides is 1. The topological polar surface area (TPSA) is 68.9 Å². The molecule has 0 bridgehead atoms. The molecule has 0 saturated heterocycles. The van der Waals surface area contributed by atoms with Crippen molar-refractivity contribution in [2.45, 2.75) is 6.92 Å². The summed E-state index contributed by atoms with van der Waals surface area (Å²) >= 11 is 0. The first kappa shape index (κ1) is 10.3. The predicted octanol–water partition coefficient (Wildman–Crippen LogP) is 1.55. The van der Waals surface area contributed by atoms with E-state index in [1.54, 1.807) is 24.4 Å². The van der Waals surface area contributed by atoms with Crippen molar-refractivity contribution in [2.24, 2.45) is 5.73 Å². The lowest BCUT2D eigenvalue weighted by atomic mass is 10.0. The predicted molar refractivity (Wildman–Crippen MR) is 60.7 cm³/mol. The number of aromatic nitrogens is 2. The molecule has 1 aromatic carbocycles. The van der Waals surface area contributed by atoms with Gasteiger partial charge >= 0.3 is 0 Å². The van der Waals surface area contributed by atoms with Gasteiger partial charge in [0.2, 0.25) is 5.91 Å². The van der Waals surface area contributed by atoms with E-state index >= 15 is 0 Å². The Balaban J connectivity index is 2.53. The largest absolute Gasteiger partial charge is 0.366 e. The van der Waals surface area contributed by atoms with Crippen LogP contribution in [0.4, 0.5) is 0 Å². The molecule has 0 radical (unpaired) electrons. The lowest BCUT2D eigenvalue weighted by Gasteiger charge is -2.05. The lowest BCUT2D eigenvalue weighted by Crippen LogP contribution is -2.10. The molecular formula is C12H11N3O. The Labute approximate surface area is 93.2 Å². The average molecular weight is 213 g/mol. The zero-order valence-corrected chi connectivity index (χ0v) is 8.84. The van der Waals surface area contributed by atoms with E-state index in [0.29, 0.717) is 5.56 Å². The maximum absolute atomic E-state index is 11.1. The minimum atomic E-state index is -0.434. The van der Waals surface area contributed by atoms with E-state index in [4.69, 9.17) is 5.73 Å². The normalized spacial score (nSPS) is 10.1. The molecule has 0 fully saturated rings. The molecule has 16 heavy (non-hydrogen) atoms. The van der Waals surface area contributed by atoms with Crippen molar-refractivity contribution in [1.29, 1.82) is 0 Å². The van der Waals surface area contributed by atoms with Crippen LogP contribution in [0.1, 0.15) is 16.1 Å². The van der Waals surface area contributed by atoms with E-state index in [1.807, 2.05) is 13.0 Å². The molecule has 0 aliphatic carbocycles. The molecule has 4 nitrogen and oxygen atoms in total. The SMILES string of the molecule is Cc1ncncc1-c1cccc(C(N)=O)c1. The number of benzene rings is 1. The van der Waals surface area contributed by atoms with Gasteiger partial charge in [0.1, 0.15) is 6.33 Å². The number of hydrogen-bond donors (Lipinski definition) is 1. The Kier molecular flexibility index (Phi) is 2.64. The minimum absolute atomic E-state index is 0.434. The number of rotatable bonds is 2. The molecule has 0 spiro atoms. The first-order chi connectivity index (χ1) is 7.68. The van der Waals surface area contributed by atoms with Crippen LogP contribution in [-0.2, 0) is 0 Å². The monoisotopic (exact) mass is 213 g/mol. The molecule has 0 unspecified atom stereocenters. The van der Waals surface area contributed by atoms with E-state index < -0.39 is 5.91 Å². The first-order valence-electron chi connectivity index (χ1n) is 4.85. The van der Waals surface area contributed by atoms with Crippen LogP contribution >= 0.6 is 0 Å². The molecule has 2 aromatic rings. The van der Waals surface area contributed by atoms with Crippen molar-refractivity contribution in [2.75, 3.05) is 0 Å². The van der Waals surface area contributed by atoms with Crippen LogP contribution < -0.4 is 5.73 Å². The smallest absolute Gasteiger partial charge is 0.248 e. The van der Waals surface area contributed by atoms with E-state index in [1.165, 1.54) is 6.33 Å². The fourth-order valence-corrected chi connectivity index (χ4v) is 1.51. The third-order valence-electron chi connectivity index (χ3n) is 2.37. The van der Waals surface area contributed by atoms with Crippen LogP contribution in [0.15, 0.2) is 36.8 Å². The van der Waals surface area contributed by atoms with Crippen LogP contribution in [-0.4, -0.2) is 15.9 Å². The van der Waals surface area contributed by atoms with Crippen LogP contribution in [0, 0.1) is 6.92 Å². The van der Waals surface area contributed by atoms with Crippen LogP contribution in [0.2, 0.25) is 0 Å². The van der Waals surface area contributed by atoms with Crippen LogP contribution in [0.5, 0.6) is 0 Å². The first-order valence-corrected chi connectivity index (χ1v) is 4.85. The molecular weight excluding hydrogens is 202 g/mol. The fraction of sp³-hybridized carbons (Fsp3) is 0.0833. The zero-order valence-electron chi connectivity index (χ0n) is 8.84. The molecule has 0 saturated carbocycles.